The Kier molecular flexibility index (Phi) is 11.4. The maximum Gasteiger partial charge on any atom is 0.0124 e. The second-order valence-corrected chi connectivity index (χ2v) is 28.1. The van der Waals surface area contributed by atoms with E-state index < -0.39 is 10.5 Å². The summed E-state index contributed by atoms with van der Waals surface area (Å²) in [6.45, 7) is 0. The van der Waals surface area contributed by atoms with E-state index in [0.29, 0.717) is 0 Å². The van der Waals surface area contributed by atoms with Crippen LogP contribution in [0.4, 0.5) is 0 Å². The van der Waals surface area contributed by atoms with Crippen molar-refractivity contribution in [3.8, 4) is 0 Å². The minimum absolute atomic E-state index is 0.907. The van der Waals surface area contributed by atoms with Gasteiger partial charge in [0.2, 0.25) is 0 Å². The van der Waals surface area contributed by atoms with Crippen molar-refractivity contribution in [2.24, 2.45) is 0 Å². The third-order valence-corrected chi connectivity index (χ3v) is 29.5. The van der Waals surface area contributed by atoms with Gasteiger partial charge in [-0.1, -0.05) is 101 Å². The Labute approximate surface area is 218 Å². The van der Waals surface area contributed by atoms with Crippen LogP contribution in [-0.4, -0.2) is 34.1 Å². The summed E-state index contributed by atoms with van der Waals surface area (Å²) in [6, 6.07) is 0. The molecular weight excluding hydrogens is 503 g/mol. The first-order valence-electron chi connectivity index (χ1n) is 14.1. The maximum absolute atomic E-state index is 6.75. The van der Waals surface area contributed by atoms with Gasteiger partial charge in [0.1, 0.15) is 0 Å². The Balaban J connectivity index is 1.39. The van der Waals surface area contributed by atoms with Gasteiger partial charge < -0.3 is 0 Å². The van der Waals surface area contributed by atoms with Gasteiger partial charge in [0, 0.05) is 22.0 Å². The molecule has 4 fully saturated rings. The lowest BCUT2D eigenvalue weighted by atomic mass is 10.00. The number of hydrogen-bond donors (Lipinski definition) is 0. The minimum Gasteiger partial charge on any atom is -0.122 e. The Morgan fingerprint density at radius 1 is 0.406 bits per heavy atom. The summed E-state index contributed by atoms with van der Waals surface area (Å²) >= 11 is 18.2. The molecule has 4 saturated carbocycles. The molecule has 4 aliphatic rings. The lowest BCUT2D eigenvalue weighted by Gasteiger charge is -2.42. The molecule has 0 nitrogen and oxygen atoms in total. The van der Waals surface area contributed by atoms with E-state index in [1.807, 2.05) is 0 Å². The summed E-state index contributed by atoms with van der Waals surface area (Å²) in [7, 11) is 0. The summed E-state index contributed by atoms with van der Waals surface area (Å²) in [4.78, 5) is 0. The fourth-order valence-corrected chi connectivity index (χ4v) is 26.7. The summed E-state index contributed by atoms with van der Waals surface area (Å²) in [6.07, 6.45) is 29.1. The monoisotopic (exact) mass is 550 g/mol. The van der Waals surface area contributed by atoms with Crippen LogP contribution in [0.25, 0.3) is 0 Å². The Morgan fingerprint density at radius 3 is 0.844 bits per heavy atom. The lowest BCUT2D eigenvalue weighted by molar-refractivity contribution is 0.488. The van der Waals surface area contributed by atoms with Gasteiger partial charge in [-0.15, -0.1) is 22.8 Å². The summed E-state index contributed by atoms with van der Waals surface area (Å²) < 4.78 is 0. The second-order valence-electron chi connectivity index (χ2n) is 11.1. The highest BCUT2D eigenvalue weighted by molar-refractivity contribution is 8.73. The molecule has 0 aromatic carbocycles. The van der Waals surface area contributed by atoms with E-state index in [1.54, 1.807) is 0 Å². The molecule has 0 aromatic heterocycles. The highest BCUT2D eigenvalue weighted by Gasteiger charge is 2.39. The second kappa shape index (κ2) is 13.5. The van der Waals surface area contributed by atoms with E-state index in [2.05, 4.69) is 22.8 Å². The van der Waals surface area contributed by atoms with Gasteiger partial charge in [0.25, 0.3) is 0 Å². The highest BCUT2D eigenvalue weighted by atomic mass is 32.9. The van der Waals surface area contributed by atoms with Crippen LogP contribution in [0.2, 0.25) is 0 Å². The lowest BCUT2D eigenvalue weighted by Crippen LogP contribution is -2.23. The molecule has 0 aromatic rings. The number of hydrogen-bond acceptors (Lipinski definition) is 4. The van der Waals surface area contributed by atoms with E-state index in [0.717, 1.165) is 22.6 Å². The highest BCUT2D eigenvalue weighted by Crippen LogP contribution is 2.74. The van der Waals surface area contributed by atoms with Gasteiger partial charge in [0.05, 0.1) is 0 Å². The molecular formula is C26H48P2S4. The first-order valence-corrected chi connectivity index (χ1v) is 23.2. The Morgan fingerprint density at radius 2 is 0.625 bits per heavy atom. The minimum atomic E-state index is -1.30. The van der Waals surface area contributed by atoms with Gasteiger partial charge in [-0.2, -0.15) is 0 Å². The molecule has 0 saturated heterocycles. The number of rotatable bonds is 9. The molecule has 0 N–H and O–H groups in total. The summed E-state index contributed by atoms with van der Waals surface area (Å²) in [5.74, 6) is 2.62. The average molecular weight is 551 g/mol. The van der Waals surface area contributed by atoms with Crippen LogP contribution in [0, 0.1) is 0 Å². The smallest absolute Gasteiger partial charge is 0.0124 e. The maximum atomic E-state index is 6.75. The molecule has 4 rings (SSSR count). The molecule has 6 heteroatoms. The topological polar surface area (TPSA) is 0 Å². The third-order valence-electron chi connectivity index (χ3n) is 9.00. The largest absolute Gasteiger partial charge is 0.122 e. The zero-order valence-corrected chi connectivity index (χ0v) is 25.4. The van der Waals surface area contributed by atoms with Crippen LogP contribution in [0.5, 0.6) is 0 Å². The third kappa shape index (κ3) is 6.85. The van der Waals surface area contributed by atoms with Gasteiger partial charge in [-0.3, -0.25) is 0 Å². The van der Waals surface area contributed by atoms with Crippen molar-refractivity contribution in [1.29, 1.82) is 0 Å². The molecule has 0 unspecified atom stereocenters. The van der Waals surface area contributed by atoms with Crippen LogP contribution < -0.4 is 0 Å². The van der Waals surface area contributed by atoms with Crippen molar-refractivity contribution in [3.05, 3.63) is 0 Å². The predicted molar refractivity (Wildman–Crippen MR) is 161 cm³/mol. The normalized spacial score (nSPS) is 26.4. The van der Waals surface area contributed by atoms with Crippen LogP contribution in [-0.2, 0) is 23.6 Å². The molecule has 0 heterocycles. The van der Waals surface area contributed by atoms with Gasteiger partial charge in [0.15, 0.2) is 0 Å². The van der Waals surface area contributed by atoms with Gasteiger partial charge in [-0.25, -0.2) is 0 Å². The van der Waals surface area contributed by atoms with Crippen molar-refractivity contribution in [2.45, 2.75) is 151 Å². The van der Waals surface area contributed by atoms with Crippen LogP contribution in [0.15, 0.2) is 0 Å². The van der Waals surface area contributed by atoms with E-state index in [9.17, 15) is 0 Å². The first kappa shape index (κ1) is 27.0. The Bertz CT molecular complexity index is 542. The molecule has 32 heavy (non-hydrogen) atoms. The van der Waals surface area contributed by atoms with Crippen molar-refractivity contribution in [3.63, 3.8) is 0 Å². The van der Waals surface area contributed by atoms with Crippen molar-refractivity contribution in [1.82, 2.24) is 0 Å². The van der Waals surface area contributed by atoms with Crippen molar-refractivity contribution in [2.75, 3.05) is 11.5 Å². The molecule has 0 spiro atoms. The molecule has 0 bridgehead atoms. The fraction of sp³-hybridized carbons (Fsp3) is 1.00. The first-order chi connectivity index (χ1) is 15.6. The fourth-order valence-electron chi connectivity index (χ4n) is 7.14. The van der Waals surface area contributed by atoms with Crippen molar-refractivity contribution >= 4 is 56.9 Å². The zero-order chi connectivity index (χ0) is 22.3. The van der Waals surface area contributed by atoms with E-state index in [-0.39, 0.29) is 0 Å². The molecule has 4 aliphatic carbocycles. The van der Waals surface area contributed by atoms with E-state index in [4.69, 9.17) is 23.6 Å². The van der Waals surface area contributed by atoms with E-state index in [1.165, 1.54) is 140 Å². The Hall–Kier alpha value is 2.00. The molecule has 0 radical (unpaired) electrons. The average Bonchev–Trinajstić information content (AvgIpc) is 2.88. The standard InChI is InChI=1S/C26H48P2S4/c29-27(23-13-5-1-6-14-23,24-15-7-2-8-16-24)31-21-22-32-28(30,25-17-9-3-10-18-25)26-19-11-4-12-20-26/h23-26H,1-22H2. The quantitative estimate of drug-likeness (QED) is 0.207. The van der Waals surface area contributed by atoms with Crippen LogP contribution in [0.3, 0.4) is 0 Å². The molecule has 0 amide bonds. The van der Waals surface area contributed by atoms with Gasteiger partial charge >= 0.3 is 0 Å². The SMILES string of the molecule is S=P(SCCSP(=S)(C1CCCCC1)C1CCCCC1)(C1CCCCC1)C1CCCCC1. The van der Waals surface area contributed by atoms with Crippen LogP contribution in [0.1, 0.15) is 128 Å². The summed E-state index contributed by atoms with van der Waals surface area (Å²) in [5.41, 5.74) is 3.63. The predicted octanol–water partition coefficient (Wildman–Crippen LogP) is 10.6. The van der Waals surface area contributed by atoms with Crippen LogP contribution >= 0.6 is 33.2 Å². The van der Waals surface area contributed by atoms with Crippen molar-refractivity contribution < 1.29 is 0 Å². The van der Waals surface area contributed by atoms with Gasteiger partial charge in [-0.05, 0) is 74.0 Å². The molecule has 186 valence electrons. The molecule has 0 atom stereocenters. The molecule has 0 aliphatic heterocycles. The zero-order valence-electron chi connectivity index (χ0n) is 20.4. The summed E-state index contributed by atoms with van der Waals surface area (Å²) in [5, 5.41) is -2.60. The van der Waals surface area contributed by atoms with E-state index >= 15 is 0 Å².